The van der Waals surface area contributed by atoms with Crippen molar-refractivity contribution in [3.8, 4) is 11.7 Å². The van der Waals surface area contributed by atoms with Crippen molar-refractivity contribution in [1.29, 1.82) is 0 Å². The lowest BCUT2D eigenvalue weighted by Gasteiger charge is -2.41. The van der Waals surface area contributed by atoms with Crippen LogP contribution >= 0.6 is 0 Å². The van der Waals surface area contributed by atoms with Crippen molar-refractivity contribution in [3.63, 3.8) is 0 Å². The van der Waals surface area contributed by atoms with Crippen molar-refractivity contribution < 1.29 is 14.3 Å². The lowest BCUT2D eigenvalue weighted by Crippen LogP contribution is -2.49. The lowest BCUT2D eigenvalue weighted by molar-refractivity contribution is -0.160. The summed E-state index contributed by atoms with van der Waals surface area (Å²) in [5.41, 5.74) is 0.528. The molecule has 1 atom stereocenters. The minimum absolute atomic E-state index is 0.122. The molecule has 7 nitrogen and oxygen atoms in total. The molecule has 4 rings (SSSR count). The summed E-state index contributed by atoms with van der Waals surface area (Å²) in [6, 6.07) is 15.6. The lowest BCUT2D eigenvalue weighted by atomic mass is 9.77. The Balaban J connectivity index is 1.47. The topological polar surface area (TPSA) is 69.5 Å². The van der Waals surface area contributed by atoms with Gasteiger partial charge in [-0.15, -0.1) is 0 Å². The second-order valence-electron chi connectivity index (χ2n) is 8.14. The first-order valence-electron chi connectivity index (χ1n) is 11.2. The third-order valence-corrected chi connectivity index (χ3v) is 5.94. The highest BCUT2D eigenvalue weighted by Crippen LogP contribution is 2.36. The Labute approximate surface area is 189 Å². The standard InChI is InChI=1S/C25H30N4O3/c1-2-31-23(30)25(13-18-32-22-10-4-3-5-11-22)12-7-16-28(20-25)19-21-9-6-17-29(21)24-26-14-8-15-27-24/h3-6,8-11,14-15,17H,2,7,12-13,16,18-20H2,1H3/t25-/m1/s1. The van der Waals surface area contributed by atoms with Gasteiger partial charge in [-0.1, -0.05) is 18.2 Å². The number of aromatic nitrogens is 3. The molecule has 1 aromatic carbocycles. The number of nitrogens with zero attached hydrogens (tertiary/aromatic N) is 4. The summed E-state index contributed by atoms with van der Waals surface area (Å²) in [6.07, 6.45) is 7.83. The van der Waals surface area contributed by atoms with Crippen molar-refractivity contribution >= 4 is 5.97 Å². The summed E-state index contributed by atoms with van der Waals surface area (Å²) in [7, 11) is 0. The molecule has 1 aliphatic rings. The number of hydrogen-bond donors (Lipinski definition) is 0. The number of para-hydroxylation sites is 1. The van der Waals surface area contributed by atoms with E-state index in [-0.39, 0.29) is 5.97 Å². The molecule has 1 fully saturated rings. The fourth-order valence-electron chi connectivity index (χ4n) is 4.38. The molecular formula is C25H30N4O3. The Bertz CT molecular complexity index is 993. The van der Waals surface area contributed by atoms with Gasteiger partial charge in [0.15, 0.2) is 0 Å². The first-order chi connectivity index (χ1) is 15.7. The van der Waals surface area contributed by atoms with E-state index in [1.165, 1.54) is 0 Å². The molecule has 2 aromatic heterocycles. The van der Waals surface area contributed by atoms with E-state index in [9.17, 15) is 4.79 Å². The number of rotatable bonds is 9. The fourth-order valence-corrected chi connectivity index (χ4v) is 4.38. The Hall–Kier alpha value is -3.19. The quantitative estimate of drug-likeness (QED) is 0.476. The molecule has 168 valence electrons. The maximum absolute atomic E-state index is 13.1. The SMILES string of the molecule is CCOC(=O)[C@@]1(CCOc2ccccc2)CCCN(Cc2cccn2-c2ncccn2)C1. The largest absolute Gasteiger partial charge is 0.494 e. The molecule has 0 aliphatic carbocycles. The predicted molar refractivity (Wildman–Crippen MR) is 121 cm³/mol. The molecule has 1 saturated heterocycles. The Morgan fingerprint density at radius 2 is 1.91 bits per heavy atom. The van der Waals surface area contributed by atoms with Crippen molar-refractivity contribution in [2.24, 2.45) is 5.41 Å². The van der Waals surface area contributed by atoms with Crippen LogP contribution in [0.4, 0.5) is 0 Å². The van der Waals surface area contributed by atoms with Crippen molar-refractivity contribution in [1.82, 2.24) is 19.4 Å². The highest BCUT2D eigenvalue weighted by atomic mass is 16.5. The molecule has 0 saturated carbocycles. The average Bonchev–Trinajstić information content (AvgIpc) is 3.29. The summed E-state index contributed by atoms with van der Waals surface area (Å²) in [6.45, 7) is 5.01. The van der Waals surface area contributed by atoms with Crippen molar-refractivity contribution in [2.75, 3.05) is 26.3 Å². The first-order valence-corrected chi connectivity index (χ1v) is 11.2. The second-order valence-corrected chi connectivity index (χ2v) is 8.14. The van der Waals surface area contributed by atoms with Gasteiger partial charge in [0.2, 0.25) is 5.95 Å². The Kier molecular flexibility index (Phi) is 7.17. The highest BCUT2D eigenvalue weighted by Gasteiger charge is 2.43. The zero-order chi connectivity index (χ0) is 22.2. The van der Waals surface area contributed by atoms with Crippen LogP contribution in [0.2, 0.25) is 0 Å². The van der Waals surface area contributed by atoms with Gasteiger partial charge in [-0.2, -0.15) is 0 Å². The fraction of sp³-hybridized carbons (Fsp3) is 0.400. The van der Waals surface area contributed by atoms with E-state index in [1.807, 2.05) is 60.2 Å². The monoisotopic (exact) mass is 434 g/mol. The van der Waals surface area contributed by atoms with Gasteiger partial charge in [0.1, 0.15) is 5.75 Å². The van der Waals surface area contributed by atoms with Gasteiger partial charge >= 0.3 is 5.97 Å². The molecule has 0 N–H and O–H groups in total. The van der Waals surface area contributed by atoms with E-state index in [0.29, 0.717) is 38.7 Å². The van der Waals surface area contributed by atoms with Crippen LogP contribution in [0.15, 0.2) is 67.1 Å². The van der Waals surface area contributed by atoms with E-state index in [0.717, 1.165) is 30.8 Å². The van der Waals surface area contributed by atoms with E-state index in [2.05, 4.69) is 20.9 Å². The molecule has 3 heterocycles. The summed E-state index contributed by atoms with van der Waals surface area (Å²) in [5.74, 6) is 1.35. The molecule has 1 aliphatic heterocycles. The average molecular weight is 435 g/mol. The molecule has 0 spiro atoms. The maximum Gasteiger partial charge on any atom is 0.313 e. The Morgan fingerprint density at radius 3 is 2.69 bits per heavy atom. The van der Waals surface area contributed by atoms with Crippen molar-refractivity contribution in [3.05, 3.63) is 72.8 Å². The molecule has 3 aromatic rings. The number of piperidine rings is 1. The second kappa shape index (κ2) is 10.4. The summed E-state index contributed by atoms with van der Waals surface area (Å²) >= 11 is 0. The van der Waals surface area contributed by atoms with Gasteiger partial charge in [0.05, 0.1) is 18.6 Å². The third kappa shape index (κ3) is 5.16. The van der Waals surface area contributed by atoms with E-state index >= 15 is 0 Å². The van der Waals surface area contributed by atoms with Gasteiger partial charge in [0.25, 0.3) is 0 Å². The number of benzene rings is 1. The Morgan fingerprint density at radius 1 is 1.09 bits per heavy atom. The van der Waals surface area contributed by atoms with E-state index in [4.69, 9.17) is 9.47 Å². The molecule has 0 amide bonds. The zero-order valence-corrected chi connectivity index (χ0v) is 18.5. The minimum Gasteiger partial charge on any atom is -0.494 e. The van der Waals surface area contributed by atoms with Gasteiger partial charge in [0, 0.05) is 37.4 Å². The van der Waals surface area contributed by atoms with Crippen LogP contribution in [-0.4, -0.2) is 51.7 Å². The van der Waals surface area contributed by atoms with Gasteiger partial charge in [-0.3, -0.25) is 14.3 Å². The van der Waals surface area contributed by atoms with Crippen LogP contribution in [0.3, 0.4) is 0 Å². The molecular weight excluding hydrogens is 404 g/mol. The van der Waals surface area contributed by atoms with Crippen LogP contribution in [0.1, 0.15) is 31.9 Å². The molecule has 0 bridgehead atoms. The summed E-state index contributed by atoms with van der Waals surface area (Å²) < 4.78 is 13.5. The van der Waals surface area contributed by atoms with Crippen LogP contribution in [0, 0.1) is 5.41 Å². The smallest absolute Gasteiger partial charge is 0.313 e. The number of hydrogen-bond acceptors (Lipinski definition) is 6. The van der Waals surface area contributed by atoms with Crippen molar-refractivity contribution in [2.45, 2.75) is 32.7 Å². The minimum atomic E-state index is -0.566. The number of ether oxygens (including phenoxy) is 2. The van der Waals surface area contributed by atoms with Gasteiger partial charge < -0.3 is 9.47 Å². The zero-order valence-electron chi connectivity index (χ0n) is 18.5. The normalized spacial score (nSPS) is 18.9. The van der Waals surface area contributed by atoms with E-state index < -0.39 is 5.41 Å². The van der Waals surface area contributed by atoms with Crippen LogP contribution in [0.25, 0.3) is 5.95 Å². The molecule has 0 unspecified atom stereocenters. The first kappa shape index (κ1) is 22.0. The summed E-state index contributed by atoms with van der Waals surface area (Å²) in [4.78, 5) is 24.1. The third-order valence-electron chi connectivity index (χ3n) is 5.94. The van der Waals surface area contributed by atoms with Crippen LogP contribution in [-0.2, 0) is 16.1 Å². The van der Waals surface area contributed by atoms with Gasteiger partial charge in [-0.25, -0.2) is 9.97 Å². The maximum atomic E-state index is 13.1. The molecule has 7 heteroatoms. The number of likely N-dealkylation sites (tertiary alicyclic amines) is 1. The summed E-state index contributed by atoms with van der Waals surface area (Å²) in [5, 5.41) is 0. The number of esters is 1. The van der Waals surface area contributed by atoms with Crippen LogP contribution < -0.4 is 4.74 Å². The highest BCUT2D eigenvalue weighted by molar-refractivity contribution is 5.77. The van der Waals surface area contributed by atoms with E-state index in [1.54, 1.807) is 12.4 Å². The number of carbonyl (C=O) groups is 1. The van der Waals surface area contributed by atoms with Gasteiger partial charge in [-0.05, 0) is 63.1 Å². The molecule has 0 radical (unpaired) electrons. The van der Waals surface area contributed by atoms with Crippen LogP contribution in [0.5, 0.6) is 5.75 Å². The number of carbonyl (C=O) groups excluding carboxylic acids is 1. The predicted octanol–water partition coefficient (Wildman–Crippen LogP) is 3.88. The molecule has 32 heavy (non-hydrogen) atoms.